The maximum Gasteiger partial charge on any atom is 0.187 e. The zero-order chi connectivity index (χ0) is 0. The molecule has 4 heteroatoms. The van der Waals surface area contributed by atoms with Gasteiger partial charge in [-0.15, -0.1) is 0 Å². The molecule has 1 unspecified atom stereocenters. The van der Waals surface area contributed by atoms with E-state index >= 15 is 0 Å². The molecule has 0 aromatic heterocycles. The van der Waals surface area contributed by atoms with Crippen LogP contribution in [0.3, 0.4) is 0 Å². The summed E-state index contributed by atoms with van der Waals surface area (Å²) in [5.74, 6) is 0. The van der Waals surface area contributed by atoms with Crippen LogP contribution in [0.4, 0.5) is 0 Å². The Bertz CT molecular complexity index is 8.00. The standard InChI is InChI=1S/Al.Au.Ni.H3P.3H/h;;;1H3;;;. The van der Waals surface area contributed by atoms with Gasteiger partial charge in [0.1, 0.15) is 0 Å². The summed E-state index contributed by atoms with van der Waals surface area (Å²) in [7, 11) is 0. The molecule has 0 saturated carbocycles. The second-order valence-corrected chi connectivity index (χ2v) is 0. The van der Waals surface area contributed by atoms with Gasteiger partial charge in [-0.05, 0) is 0 Å². The van der Waals surface area contributed by atoms with Crippen molar-refractivity contribution in [2.75, 3.05) is 0 Å². The van der Waals surface area contributed by atoms with E-state index in [0.717, 1.165) is 0 Å². The van der Waals surface area contributed by atoms with Crippen molar-refractivity contribution in [3.05, 3.63) is 0 Å². The molecule has 1 radical (unpaired) electrons. The Kier molecular flexibility index (Phi) is 164. The maximum atomic E-state index is 0. The first kappa shape index (κ1) is 34.7. The van der Waals surface area contributed by atoms with E-state index in [1.807, 2.05) is 0 Å². The van der Waals surface area contributed by atoms with Gasteiger partial charge in [0.25, 0.3) is 0 Å². The summed E-state index contributed by atoms with van der Waals surface area (Å²) in [5, 5.41) is 0. The topological polar surface area (TPSA) is 0 Å². The summed E-state index contributed by atoms with van der Waals surface area (Å²) < 4.78 is 0. The molecule has 0 aromatic carbocycles. The van der Waals surface area contributed by atoms with E-state index in [0.29, 0.717) is 0 Å². The van der Waals surface area contributed by atoms with Crippen LogP contribution in [0, 0.1) is 0 Å². The number of hydrogen-bond donors (Lipinski definition) is 0. The third-order valence-corrected chi connectivity index (χ3v) is 0. The molecule has 4 heavy (non-hydrogen) atoms. The zero-order valence-corrected chi connectivity index (χ0v) is 5.89. The van der Waals surface area contributed by atoms with E-state index in [2.05, 4.69) is 0 Å². The van der Waals surface area contributed by atoms with Crippen LogP contribution in [-0.4, -0.2) is 17.4 Å². The van der Waals surface area contributed by atoms with Gasteiger partial charge in [0.2, 0.25) is 0 Å². The second-order valence-electron chi connectivity index (χ2n) is 0. The van der Waals surface area contributed by atoms with Crippen LogP contribution >= 0.6 is 9.90 Å². The summed E-state index contributed by atoms with van der Waals surface area (Å²) in [4.78, 5) is 0. The van der Waals surface area contributed by atoms with E-state index < -0.39 is 0 Å². The monoisotopic (exact) mass is 319 g/mol. The average Bonchev–Trinajstić information content (AvgIpc) is 0. The van der Waals surface area contributed by atoms with Gasteiger partial charge >= 0.3 is 0 Å². The Balaban J connectivity index is 0. The van der Waals surface area contributed by atoms with Crippen LogP contribution in [-0.2, 0) is 38.9 Å². The molecule has 0 aliphatic heterocycles. The van der Waals surface area contributed by atoms with Crippen LogP contribution < -0.4 is 0 Å². The quantitative estimate of drug-likeness (QED) is 0.392. The van der Waals surface area contributed by atoms with Crippen molar-refractivity contribution in [1.29, 1.82) is 0 Å². The number of rotatable bonds is 0. The fourth-order valence-electron chi connectivity index (χ4n) is 0. The van der Waals surface area contributed by atoms with Gasteiger partial charge in [-0.2, -0.15) is 9.90 Å². The normalized spacial score (nSPS) is 0. The van der Waals surface area contributed by atoms with E-state index in [4.69, 9.17) is 0 Å². The summed E-state index contributed by atoms with van der Waals surface area (Å²) in [6, 6.07) is 0. The third-order valence-electron chi connectivity index (χ3n) is 0. The van der Waals surface area contributed by atoms with Crippen LogP contribution in [0.1, 0.15) is 0 Å². The van der Waals surface area contributed by atoms with E-state index in [1.54, 1.807) is 0 Å². The van der Waals surface area contributed by atoms with Gasteiger partial charge in [0.05, 0.1) is 0 Å². The molecule has 0 bridgehead atoms. The molecule has 0 aliphatic carbocycles. The first-order valence-electron chi connectivity index (χ1n) is 0. The first-order chi connectivity index (χ1) is 0. The largest absolute Gasteiger partial charge is 0.187 e. The van der Waals surface area contributed by atoms with E-state index in [-0.39, 0.29) is 66.1 Å². The molecule has 1 atom stereocenters. The van der Waals surface area contributed by atoms with Crippen molar-refractivity contribution >= 4 is 27.3 Å². The van der Waals surface area contributed by atoms with E-state index in [9.17, 15) is 0 Å². The minimum atomic E-state index is 0. The van der Waals surface area contributed by atoms with Gasteiger partial charge < -0.3 is 0 Å². The molecule has 0 fully saturated rings. The van der Waals surface area contributed by atoms with Gasteiger partial charge in [-0.1, -0.05) is 0 Å². The van der Waals surface area contributed by atoms with Gasteiger partial charge in [0, 0.05) is 38.9 Å². The molecule has 0 aromatic rings. The molecule has 0 N–H and O–H groups in total. The molecule has 0 spiro atoms. The van der Waals surface area contributed by atoms with Crippen LogP contribution in [0.2, 0.25) is 0 Å². The molecule has 0 heterocycles. The summed E-state index contributed by atoms with van der Waals surface area (Å²) in [6.45, 7) is 0. The van der Waals surface area contributed by atoms with Crippen LogP contribution in [0.5, 0.6) is 0 Å². The maximum absolute atomic E-state index is 0. The van der Waals surface area contributed by atoms with Crippen molar-refractivity contribution in [3.63, 3.8) is 0 Å². The van der Waals surface area contributed by atoms with Crippen LogP contribution in [0.15, 0.2) is 0 Å². The van der Waals surface area contributed by atoms with Crippen molar-refractivity contribution in [1.82, 2.24) is 0 Å². The fourth-order valence-corrected chi connectivity index (χ4v) is 0. The molecule has 0 amide bonds. The van der Waals surface area contributed by atoms with Gasteiger partial charge in [0.15, 0.2) is 17.4 Å². The van der Waals surface area contributed by atoms with Crippen molar-refractivity contribution in [2.45, 2.75) is 0 Å². The Morgan fingerprint density at radius 2 is 1.00 bits per heavy atom. The minimum Gasteiger partial charge on any atom is -0.153 e. The number of hydrogen-bond acceptors (Lipinski definition) is 0. The Labute approximate surface area is 65.7 Å². The van der Waals surface area contributed by atoms with Crippen LogP contribution in [0.25, 0.3) is 0 Å². The smallest absolute Gasteiger partial charge is 0.153 e. The molecule has 0 rings (SSSR count). The SMILES string of the molecule is P.[AlH3].[Au].[Ni]. The van der Waals surface area contributed by atoms with E-state index in [1.165, 1.54) is 0 Å². The predicted octanol–water partition coefficient (Wildman–Crippen LogP) is -1.13. The van der Waals surface area contributed by atoms with Gasteiger partial charge in [-0.25, -0.2) is 0 Å². The molecule has 0 aliphatic rings. The minimum absolute atomic E-state index is 0. The average molecular weight is 320 g/mol. The third kappa shape index (κ3) is 8.89. The van der Waals surface area contributed by atoms with Crippen molar-refractivity contribution in [2.24, 2.45) is 0 Å². The second kappa shape index (κ2) is 19.0. The molecule has 0 nitrogen and oxygen atoms in total. The molecular formula is H6AlAuNiP. The Hall–Kier alpha value is 2.20. The molecule has 35 valence electrons. The van der Waals surface area contributed by atoms with Crippen molar-refractivity contribution in [3.8, 4) is 0 Å². The Morgan fingerprint density at radius 1 is 1.00 bits per heavy atom. The first-order valence-corrected chi connectivity index (χ1v) is 0. The zero-order valence-electron chi connectivity index (χ0n) is 1.32. The fraction of sp³-hybridized carbons (Fsp3) is 0. The molecular weight excluding hydrogens is 314 g/mol. The summed E-state index contributed by atoms with van der Waals surface area (Å²) >= 11 is 0. The Morgan fingerprint density at radius 3 is 1.00 bits per heavy atom. The summed E-state index contributed by atoms with van der Waals surface area (Å²) in [6.07, 6.45) is 0. The molecule has 0 saturated heterocycles. The summed E-state index contributed by atoms with van der Waals surface area (Å²) in [5.41, 5.74) is 0. The van der Waals surface area contributed by atoms with Gasteiger partial charge in [-0.3, -0.25) is 0 Å². The predicted molar refractivity (Wildman–Crippen MR) is 21.0 cm³/mol. The van der Waals surface area contributed by atoms with Crippen molar-refractivity contribution < 1.29 is 38.9 Å².